The molecule has 6 heteroatoms. The minimum Gasteiger partial charge on any atom is -0.457 e. The van der Waals surface area contributed by atoms with Gasteiger partial charge in [-0.2, -0.15) is 0 Å². The van der Waals surface area contributed by atoms with Gasteiger partial charge < -0.3 is 14.4 Å². The van der Waals surface area contributed by atoms with Gasteiger partial charge in [-0.1, -0.05) is 32.4 Å². The van der Waals surface area contributed by atoms with Crippen LogP contribution in [0.1, 0.15) is 91.4 Å². The highest BCUT2D eigenvalue weighted by atomic mass is 16.6. The summed E-state index contributed by atoms with van der Waals surface area (Å²) in [6.07, 6.45) is 12.4. The van der Waals surface area contributed by atoms with Crippen molar-refractivity contribution in [2.75, 3.05) is 27.2 Å². The Morgan fingerprint density at radius 1 is 1.03 bits per heavy atom. The third kappa shape index (κ3) is 4.49. The molecule has 0 bridgehead atoms. The number of rotatable bonds is 8. The summed E-state index contributed by atoms with van der Waals surface area (Å²) in [5.74, 6) is 0.573. The number of allylic oxidation sites excluding steroid dienone is 2. The predicted molar refractivity (Wildman–Crippen MR) is 135 cm³/mol. The molecule has 0 amide bonds. The van der Waals surface area contributed by atoms with Crippen LogP contribution in [0.4, 0.5) is 0 Å². The minimum absolute atomic E-state index is 0.233. The van der Waals surface area contributed by atoms with Gasteiger partial charge in [0.1, 0.15) is 0 Å². The second kappa shape index (κ2) is 9.99. The quantitative estimate of drug-likeness (QED) is 0.351. The summed E-state index contributed by atoms with van der Waals surface area (Å²) in [5.41, 5.74) is 0.329. The lowest BCUT2D eigenvalue weighted by Crippen LogP contribution is -2.60. The SMILES string of the molecule is CCC(=O)O[C@]1(C(=O)COC(=O)CCN(C)C)CC[C@H]2[C@@H]3CCC4=CCCC[C@]4(C)[C@H]3CC[C@@]21C. The summed E-state index contributed by atoms with van der Waals surface area (Å²) >= 11 is 0. The van der Waals surface area contributed by atoms with Gasteiger partial charge in [-0.05, 0) is 95.1 Å². The lowest BCUT2D eigenvalue weighted by atomic mass is 9.46. The van der Waals surface area contributed by atoms with Gasteiger partial charge in [0.05, 0.1) is 6.42 Å². The standard InChI is InChI=1S/C29H45NO5/c1-6-25(32)35-29(24(31)19-34-26(33)14-18-30(4)5)17-13-23-21-11-10-20-9-7-8-15-27(20,2)22(21)12-16-28(23,29)3/h9,21-23H,6-8,10-19H2,1-5H3/t21-,22+,23+,27+,28+,29+/m1/s1. The van der Waals surface area contributed by atoms with E-state index in [2.05, 4.69) is 19.9 Å². The zero-order valence-electron chi connectivity index (χ0n) is 22.5. The molecule has 0 aromatic carbocycles. The van der Waals surface area contributed by atoms with E-state index >= 15 is 0 Å². The van der Waals surface area contributed by atoms with E-state index in [0.717, 1.165) is 32.1 Å². The van der Waals surface area contributed by atoms with Crippen LogP contribution >= 0.6 is 0 Å². The Bertz CT molecular complexity index is 880. The van der Waals surface area contributed by atoms with Crippen LogP contribution in [0.2, 0.25) is 0 Å². The van der Waals surface area contributed by atoms with Gasteiger partial charge in [-0.3, -0.25) is 14.4 Å². The second-order valence-electron chi connectivity index (χ2n) is 12.2. The number of hydrogen-bond acceptors (Lipinski definition) is 6. The van der Waals surface area contributed by atoms with Crippen molar-refractivity contribution in [3.8, 4) is 0 Å². The maximum absolute atomic E-state index is 13.8. The molecule has 0 unspecified atom stereocenters. The first kappa shape index (κ1) is 26.4. The van der Waals surface area contributed by atoms with Crippen molar-refractivity contribution in [2.24, 2.45) is 28.6 Å². The molecule has 0 aromatic rings. The fourth-order valence-electron chi connectivity index (χ4n) is 8.35. The number of hydrogen-bond donors (Lipinski definition) is 0. The van der Waals surface area contributed by atoms with Crippen LogP contribution in [-0.4, -0.2) is 55.5 Å². The number of ketones is 1. The van der Waals surface area contributed by atoms with E-state index in [-0.39, 0.29) is 42.6 Å². The Morgan fingerprint density at radius 2 is 1.77 bits per heavy atom. The molecule has 0 radical (unpaired) electrons. The van der Waals surface area contributed by atoms with Crippen molar-refractivity contribution in [1.29, 1.82) is 0 Å². The molecule has 0 spiro atoms. The first-order valence-electron chi connectivity index (χ1n) is 13.8. The Labute approximate surface area is 211 Å². The average Bonchev–Trinajstić information content (AvgIpc) is 3.13. The van der Waals surface area contributed by atoms with Gasteiger partial charge >= 0.3 is 11.9 Å². The van der Waals surface area contributed by atoms with Gasteiger partial charge in [0.15, 0.2) is 12.2 Å². The van der Waals surface area contributed by atoms with Gasteiger partial charge in [0.2, 0.25) is 5.78 Å². The summed E-state index contributed by atoms with van der Waals surface area (Å²) in [5, 5.41) is 0. The van der Waals surface area contributed by atoms with E-state index in [0.29, 0.717) is 30.7 Å². The highest BCUT2D eigenvalue weighted by molar-refractivity contribution is 5.93. The van der Waals surface area contributed by atoms with E-state index < -0.39 is 11.0 Å². The monoisotopic (exact) mass is 487 g/mol. The van der Waals surface area contributed by atoms with E-state index in [1.807, 2.05) is 19.0 Å². The zero-order chi connectivity index (χ0) is 25.4. The summed E-state index contributed by atoms with van der Waals surface area (Å²) in [7, 11) is 3.79. The van der Waals surface area contributed by atoms with Crippen LogP contribution in [-0.2, 0) is 23.9 Å². The number of nitrogens with zero attached hydrogens (tertiary/aromatic N) is 1. The Hall–Kier alpha value is -1.69. The molecule has 0 heterocycles. The summed E-state index contributed by atoms with van der Waals surface area (Å²) in [4.78, 5) is 40.6. The molecule has 35 heavy (non-hydrogen) atoms. The molecule has 196 valence electrons. The first-order chi connectivity index (χ1) is 16.6. The summed E-state index contributed by atoms with van der Waals surface area (Å²) < 4.78 is 11.5. The lowest BCUT2D eigenvalue weighted by Gasteiger charge is -2.59. The minimum atomic E-state index is -1.19. The molecule has 4 aliphatic carbocycles. The summed E-state index contributed by atoms with van der Waals surface area (Å²) in [6, 6.07) is 0. The van der Waals surface area contributed by atoms with Crippen molar-refractivity contribution < 1.29 is 23.9 Å². The van der Waals surface area contributed by atoms with Crippen molar-refractivity contribution in [2.45, 2.75) is 97.0 Å². The predicted octanol–water partition coefficient (Wildman–Crippen LogP) is 5.10. The van der Waals surface area contributed by atoms with Crippen molar-refractivity contribution in [3.63, 3.8) is 0 Å². The Morgan fingerprint density at radius 3 is 2.49 bits per heavy atom. The van der Waals surface area contributed by atoms with Gasteiger partial charge in [0, 0.05) is 18.4 Å². The molecule has 3 fully saturated rings. The van der Waals surface area contributed by atoms with Crippen molar-refractivity contribution in [1.82, 2.24) is 4.90 Å². The molecule has 4 rings (SSSR count). The molecule has 0 saturated heterocycles. The normalized spacial score (nSPS) is 38.1. The molecule has 3 saturated carbocycles. The fourth-order valence-corrected chi connectivity index (χ4v) is 8.35. The maximum Gasteiger partial charge on any atom is 0.307 e. The van der Waals surface area contributed by atoms with Crippen LogP contribution in [0.5, 0.6) is 0 Å². The molecule has 4 aliphatic rings. The largest absolute Gasteiger partial charge is 0.457 e. The number of carbonyl (C=O) groups excluding carboxylic acids is 3. The van der Waals surface area contributed by atoms with Gasteiger partial charge in [-0.25, -0.2) is 0 Å². The Kier molecular flexibility index (Phi) is 7.53. The molecule has 0 N–H and O–H groups in total. The van der Waals surface area contributed by atoms with E-state index in [9.17, 15) is 14.4 Å². The topological polar surface area (TPSA) is 72.9 Å². The summed E-state index contributed by atoms with van der Waals surface area (Å²) in [6.45, 7) is 6.69. The number of Topliss-reactive ketones (excluding diaryl/α,β-unsaturated/α-hetero) is 1. The highest BCUT2D eigenvalue weighted by Gasteiger charge is 2.68. The first-order valence-corrected chi connectivity index (χ1v) is 13.8. The molecule has 0 aromatic heterocycles. The fraction of sp³-hybridized carbons (Fsp3) is 0.828. The van der Waals surface area contributed by atoms with E-state index in [1.54, 1.807) is 12.5 Å². The smallest absolute Gasteiger partial charge is 0.307 e. The van der Waals surface area contributed by atoms with Crippen LogP contribution in [0.25, 0.3) is 0 Å². The molecular formula is C29H45NO5. The third-order valence-electron chi connectivity index (χ3n) is 10.3. The number of carbonyl (C=O) groups is 3. The van der Waals surface area contributed by atoms with Crippen LogP contribution < -0.4 is 0 Å². The van der Waals surface area contributed by atoms with Crippen molar-refractivity contribution in [3.05, 3.63) is 11.6 Å². The second-order valence-corrected chi connectivity index (χ2v) is 12.2. The third-order valence-corrected chi connectivity index (χ3v) is 10.3. The maximum atomic E-state index is 13.8. The number of ether oxygens (including phenoxy) is 2. The van der Waals surface area contributed by atoms with Crippen molar-refractivity contribution >= 4 is 17.7 Å². The highest BCUT2D eigenvalue weighted by Crippen LogP contribution is 2.68. The molecular weight excluding hydrogens is 442 g/mol. The van der Waals surface area contributed by atoms with Gasteiger partial charge in [0.25, 0.3) is 0 Å². The molecule has 6 atom stereocenters. The van der Waals surface area contributed by atoms with E-state index in [1.165, 1.54) is 19.3 Å². The average molecular weight is 488 g/mol. The zero-order valence-corrected chi connectivity index (χ0v) is 22.5. The Balaban J connectivity index is 1.57. The van der Waals surface area contributed by atoms with Crippen LogP contribution in [0, 0.1) is 28.6 Å². The number of esters is 2. The molecule has 0 aliphatic heterocycles. The van der Waals surface area contributed by atoms with Crippen LogP contribution in [0.3, 0.4) is 0 Å². The lowest BCUT2D eigenvalue weighted by molar-refractivity contribution is -0.192. The van der Waals surface area contributed by atoms with Gasteiger partial charge in [-0.15, -0.1) is 0 Å². The van der Waals surface area contributed by atoms with Crippen LogP contribution in [0.15, 0.2) is 11.6 Å². The van der Waals surface area contributed by atoms with E-state index in [4.69, 9.17) is 9.47 Å². The number of fused-ring (bicyclic) bond motifs is 5. The molecule has 6 nitrogen and oxygen atoms in total.